The van der Waals surface area contributed by atoms with Gasteiger partial charge in [0.05, 0.1) is 22.3 Å². The molecule has 0 unspecified atom stereocenters. The third kappa shape index (κ3) is 11.6. The summed E-state index contributed by atoms with van der Waals surface area (Å²) >= 11 is 5.93. The Bertz CT molecular complexity index is 1450. The second kappa shape index (κ2) is 17.0. The van der Waals surface area contributed by atoms with Crippen LogP contribution in [0.2, 0.25) is 5.02 Å². The maximum Gasteiger partial charge on any atom is 0.294 e. The van der Waals surface area contributed by atoms with E-state index in [1.165, 1.54) is 24.3 Å². The van der Waals surface area contributed by atoms with Crippen LogP contribution in [-0.4, -0.2) is 101 Å². The lowest BCUT2D eigenvalue weighted by Crippen LogP contribution is -2.49. The number of anilines is 1. The summed E-state index contributed by atoms with van der Waals surface area (Å²) in [7, 11) is -6.26. The number of methoxy groups -OCH3 is 1. The molecule has 240 valence electrons. The minimum atomic E-state index is -4.00. The average molecular weight is 668 g/mol. The Balaban J connectivity index is 0.000000217. The molecule has 0 aromatic heterocycles. The first-order chi connectivity index (χ1) is 20.9. The molecule has 0 saturated carbocycles. The number of carbonyl (C=O) groups is 1. The van der Waals surface area contributed by atoms with Crippen molar-refractivity contribution in [2.75, 3.05) is 64.4 Å². The second-order valence-corrected chi connectivity index (χ2v) is 13.4. The van der Waals surface area contributed by atoms with Gasteiger partial charge in [0, 0.05) is 63.6 Å². The summed E-state index contributed by atoms with van der Waals surface area (Å²) in [5, 5.41) is 0.702. The number of amides is 1. The maximum atomic E-state index is 12.7. The van der Waals surface area contributed by atoms with Crippen LogP contribution >= 0.6 is 11.6 Å². The largest absolute Gasteiger partial charge is 0.383 e. The van der Waals surface area contributed by atoms with E-state index < -0.39 is 20.2 Å². The van der Waals surface area contributed by atoms with Gasteiger partial charge in [-0.05, 0) is 55.0 Å². The van der Waals surface area contributed by atoms with Crippen molar-refractivity contribution in [3.8, 4) is 0 Å². The number of carbonyl (C=O) groups excluding carboxylic acids is 1. The van der Waals surface area contributed by atoms with Crippen LogP contribution < -0.4 is 4.90 Å². The molecule has 3 aromatic carbocycles. The molecule has 0 bridgehead atoms. The Morgan fingerprint density at radius 1 is 0.750 bits per heavy atom. The molecule has 2 fully saturated rings. The van der Waals surface area contributed by atoms with Gasteiger partial charge in [-0.15, -0.1) is 0 Å². The topological polar surface area (TPSA) is 145 Å². The van der Waals surface area contributed by atoms with Crippen LogP contribution in [0.15, 0.2) is 94.7 Å². The van der Waals surface area contributed by atoms with Gasteiger partial charge in [0.15, 0.2) is 0 Å². The number of nitrogens with zero attached hydrogens (tertiary/aromatic N) is 3. The summed E-state index contributed by atoms with van der Waals surface area (Å²) in [6, 6.07) is 22.4. The van der Waals surface area contributed by atoms with Gasteiger partial charge < -0.3 is 14.5 Å². The minimum absolute atomic E-state index is 0.0741. The van der Waals surface area contributed by atoms with Crippen LogP contribution in [0.4, 0.5) is 5.69 Å². The van der Waals surface area contributed by atoms with Crippen molar-refractivity contribution < 1.29 is 35.5 Å². The van der Waals surface area contributed by atoms with E-state index in [0.29, 0.717) is 5.02 Å². The van der Waals surface area contributed by atoms with Crippen molar-refractivity contribution in [2.45, 2.75) is 16.2 Å². The zero-order valence-corrected chi connectivity index (χ0v) is 26.8. The molecule has 1 amide bonds. The van der Waals surface area contributed by atoms with Crippen LogP contribution in [0.25, 0.3) is 0 Å². The summed E-state index contributed by atoms with van der Waals surface area (Å²) in [6.45, 7) is 7.66. The van der Waals surface area contributed by atoms with Crippen LogP contribution in [0, 0.1) is 5.92 Å². The molecule has 1 atom stereocenters. The first-order valence-corrected chi connectivity index (χ1v) is 17.2. The lowest BCUT2D eigenvalue weighted by Gasteiger charge is -2.35. The van der Waals surface area contributed by atoms with Crippen molar-refractivity contribution in [1.29, 1.82) is 0 Å². The Morgan fingerprint density at radius 3 is 1.66 bits per heavy atom. The summed E-state index contributed by atoms with van der Waals surface area (Å²) in [4.78, 5) is 19.3. The molecule has 5 rings (SSSR count). The highest BCUT2D eigenvalue weighted by Gasteiger charge is 2.34. The van der Waals surface area contributed by atoms with Crippen molar-refractivity contribution in [1.82, 2.24) is 9.80 Å². The van der Waals surface area contributed by atoms with Crippen molar-refractivity contribution >= 4 is 43.4 Å². The molecule has 2 aliphatic heterocycles. The van der Waals surface area contributed by atoms with E-state index in [1.54, 1.807) is 43.5 Å². The van der Waals surface area contributed by atoms with Crippen LogP contribution in [0.5, 0.6) is 0 Å². The average Bonchev–Trinajstić information content (AvgIpc) is 3.37. The van der Waals surface area contributed by atoms with E-state index in [-0.39, 0.29) is 21.6 Å². The van der Waals surface area contributed by atoms with Gasteiger partial charge in [0.2, 0.25) is 5.91 Å². The Kier molecular flexibility index (Phi) is 13.7. The van der Waals surface area contributed by atoms with Gasteiger partial charge in [-0.25, -0.2) is 0 Å². The lowest BCUT2D eigenvalue weighted by atomic mass is 10.1. The van der Waals surface area contributed by atoms with E-state index in [2.05, 4.69) is 9.80 Å². The molecule has 2 N–H and O–H groups in total. The molecule has 2 aliphatic rings. The van der Waals surface area contributed by atoms with Gasteiger partial charge >= 0.3 is 0 Å². The zero-order chi connectivity index (χ0) is 32.2. The van der Waals surface area contributed by atoms with Crippen LogP contribution in [-0.2, 0) is 29.8 Å². The first kappa shape index (κ1) is 35.6. The van der Waals surface area contributed by atoms with Gasteiger partial charge in [-0.2, -0.15) is 16.8 Å². The molecule has 2 heterocycles. The molecule has 3 aromatic rings. The normalized spacial score (nSPS) is 17.8. The number of ether oxygens (including phenoxy) is 1. The first-order valence-electron chi connectivity index (χ1n) is 13.9. The third-order valence-corrected chi connectivity index (χ3v) is 9.08. The van der Waals surface area contributed by atoms with Crippen LogP contribution in [0.3, 0.4) is 0 Å². The van der Waals surface area contributed by atoms with Gasteiger partial charge in [0.25, 0.3) is 20.2 Å². The summed E-state index contributed by atoms with van der Waals surface area (Å²) in [6.07, 6.45) is 0.936. The Labute approximate surface area is 264 Å². The Morgan fingerprint density at radius 2 is 1.23 bits per heavy atom. The second-order valence-electron chi connectivity index (χ2n) is 10.2. The summed E-state index contributed by atoms with van der Waals surface area (Å²) < 4.78 is 63.6. The van der Waals surface area contributed by atoms with Gasteiger partial charge in [-0.1, -0.05) is 48.0 Å². The van der Waals surface area contributed by atoms with E-state index in [9.17, 15) is 21.6 Å². The number of benzene rings is 3. The monoisotopic (exact) mass is 667 g/mol. The van der Waals surface area contributed by atoms with Gasteiger partial charge in [0.1, 0.15) is 0 Å². The highest BCUT2D eigenvalue weighted by atomic mass is 35.5. The fraction of sp³-hybridized carbons (Fsp3) is 0.367. The number of rotatable bonds is 8. The SMILES string of the molecule is COCCN1CCN(C[C@H]2CCN(c3ccc(Cl)cc3)C2=O)CC1.O=S(=O)(O)c1ccccc1.O=S(=O)(O)c1ccccc1. The lowest BCUT2D eigenvalue weighted by molar-refractivity contribution is -0.121. The number of hydrogen-bond donors (Lipinski definition) is 2. The number of halogens is 1. The fourth-order valence-corrected chi connectivity index (χ4v) is 5.83. The highest BCUT2D eigenvalue weighted by molar-refractivity contribution is 7.86. The van der Waals surface area contributed by atoms with Crippen LogP contribution in [0.1, 0.15) is 6.42 Å². The van der Waals surface area contributed by atoms with Gasteiger partial charge in [-0.3, -0.25) is 18.8 Å². The smallest absolute Gasteiger partial charge is 0.294 e. The fourth-order valence-electron chi connectivity index (χ4n) is 4.70. The van der Waals surface area contributed by atoms with Crippen molar-refractivity contribution in [3.63, 3.8) is 0 Å². The standard InChI is InChI=1S/C18H26ClN3O2.2C6H6O3S/c1-24-13-12-20-8-10-21(11-9-20)14-15-6-7-22(18(15)23)17-4-2-16(19)3-5-17;2*7-10(8,9)6-4-2-1-3-5-6/h2-5,15H,6-14H2,1H3;2*1-5H,(H,7,8,9)/t15-;;/m1../s1. The highest BCUT2D eigenvalue weighted by Crippen LogP contribution is 2.27. The molecule has 2 saturated heterocycles. The molecule has 14 heteroatoms. The quantitative estimate of drug-likeness (QED) is 0.340. The molecule has 0 aliphatic carbocycles. The molecule has 11 nitrogen and oxygen atoms in total. The van der Waals surface area contributed by atoms with E-state index >= 15 is 0 Å². The Hall–Kier alpha value is -2.88. The number of piperazine rings is 1. The molecular weight excluding hydrogens is 630 g/mol. The summed E-state index contributed by atoms with van der Waals surface area (Å²) in [5.41, 5.74) is 0.955. The zero-order valence-electron chi connectivity index (χ0n) is 24.4. The predicted octanol–water partition coefficient (Wildman–Crippen LogP) is 3.82. The molecular formula is C30H38ClN3O8S2. The van der Waals surface area contributed by atoms with Crippen molar-refractivity contribution in [3.05, 3.63) is 90.0 Å². The molecule has 0 radical (unpaired) electrons. The molecule has 44 heavy (non-hydrogen) atoms. The minimum Gasteiger partial charge on any atom is -0.383 e. The van der Waals surface area contributed by atoms with Crippen molar-refractivity contribution in [2.24, 2.45) is 5.92 Å². The number of hydrogen-bond acceptors (Lipinski definition) is 8. The van der Waals surface area contributed by atoms with E-state index in [1.807, 2.05) is 29.2 Å². The van der Waals surface area contributed by atoms with E-state index in [4.69, 9.17) is 25.4 Å². The third-order valence-electron chi connectivity index (χ3n) is 7.09. The molecule has 0 spiro atoms. The predicted molar refractivity (Wildman–Crippen MR) is 169 cm³/mol. The summed E-state index contributed by atoms with van der Waals surface area (Å²) in [5.74, 6) is 0.366. The van der Waals surface area contributed by atoms with E-state index in [0.717, 1.165) is 64.5 Å². The maximum absolute atomic E-state index is 12.7.